The van der Waals surface area contributed by atoms with Crippen LogP contribution < -0.4 is 16.4 Å². The van der Waals surface area contributed by atoms with Crippen LogP contribution >= 0.6 is 15.9 Å². The van der Waals surface area contributed by atoms with Crippen LogP contribution in [0.25, 0.3) is 10.8 Å². The van der Waals surface area contributed by atoms with Crippen LogP contribution in [-0.4, -0.2) is 20.7 Å². The van der Waals surface area contributed by atoms with E-state index in [0.717, 1.165) is 9.15 Å². The second-order valence-corrected chi connectivity index (χ2v) is 6.02. The number of hydrogen-bond donors (Lipinski definition) is 2. The first-order valence-corrected chi connectivity index (χ1v) is 7.97. The van der Waals surface area contributed by atoms with E-state index >= 15 is 0 Å². The fraction of sp³-hybridized carbons (Fsp3) is 0.125. The van der Waals surface area contributed by atoms with Gasteiger partial charge in [0.25, 0.3) is 11.1 Å². The van der Waals surface area contributed by atoms with E-state index in [0.29, 0.717) is 16.6 Å². The highest BCUT2D eigenvalue weighted by Crippen LogP contribution is 2.10. The SMILES string of the molecule is O=C(CCn1[nH]c(=O)c2ccccc2c1=O)Nc1ccc(Br)cn1. The lowest BCUT2D eigenvalue weighted by atomic mass is 10.2. The summed E-state index contributed by atoms with van der Waals surface area (Å²) in [5, 5.41) is 5.79. The first kappa shape index (κ1) is 16.1. The van der Waals surface area contributed by atoms with Crippen molar-refractivity contribution in [1.82, 2.24) is 14.8 Å². The molecule has 1 aromatic carbocycles. The molecule has 2 aromatic heterocycles. The molecule has 8 heteroatoms. The number of carbonyl (C=O) groups is 1. The molecule has 0 radical (unpaired) electrons. The maximum atomic E-state index is 12.3. The van der Waals surface area contributed by atoms with Gasteiger partial charge >= 0.3 is 0 Å². The smallest absolute Gasteiger partial charge is 0.273 e. The Kier molecular flexibility index (Phi) is 4.57. The summed E-state index contributed by atoms with van der Waals surface area (Å²) in [5.74, 6) is 0.119. The van der Waals surface area contributed by atoms with Gasteiger partial charge in [0.2, 0.25) is 5.91 Å². The lowest BCUT2D eigenvalue weighted by Gasteiger charge is -2.07. The zero-order valence-electron chi connectivity index (χ0n) is 12.5. The Balaban J connectivity index is 1.75. The van der Waals surface area contributed by atoms with Crippen molar-refractivity contribution in [2.75, 3.05) is 5.32 Å². The van der Waals surface area contributed by atoms with Crippen molar-refractivity contribution in [2.24, 2.45) is 0 Å². The van der Waals surface area contributed by atoms with E-state index in [4.69, 9.17) is 0 Å². The molecule has 2 N–H and O–H groups in total. The van der Waals surface area contributed by atoms with Gasteiger partial charge in [0.05, 0.1) is 17.3 Å². The minimum Gasteiger partial charge on any atom is -0.311 e. The standard InChI is InChI=1S/C16H13BrN4O3/c17-10-5-6-13(18-9-10)19-14(22)7-8-21-16(24)12-4-2-1-3-11(12)15(23)20-21/h1-6,9H,7-8H2,(H,20,23)(H,18,19,22). The van der Waals surface area contributed by atoms with Gasteiger partial charge in [-0.3, -0.25) is 19.5 Å². The summed E-state index contributed by atoms with van der Waals surface area (Å²) in [5.41, 5.74) is -0.694. The number of benzene rings is 1. The summed E-state index contributed by atoms with van der Waals surface area (Å²) in [7, 11) is 0. The largest absolute Gasteiger partial charge is 0.311 e. The van der Waals surface area contributed by atoms with Gasteiger partial charge in [-0.2, -0.15) is 0 Å². The number of aryl methyl sites for hydroxylation is 1. The van der Waals surface area contributed by atoms with Crippen molar-refractivity contribution in [2.45, 2.75) is 13.0 Å². The minimum atomic E-state index is -0.361. The highest BCUT2D eigenvalue weighted by Gasteiger charge is 2.09. The molecule has 3 rings (SSSR count). The van der Waals surface area contributed by atoms with Crippen LogP contribution in [0.3, 0.4) is 0 Å². The predicted octanol–water partition coefficient (Wildman–Crippen LogP) is 1.88. The van der Waals surface area contributed by atoms with E-state index in [2.05, 4.69) is 31.3 Å². The van der Waals surface area contributed by atoms with Crippen molar-refractivity contribution in [3.8, 4) is 0 Å². The lowest BCUT2D eigenvalue weighted by Crippen LogP contribution is -2.31. The van der Waals surface area contributed by atoms with E-state index in [-0.39, 0.29) is 30.0 Å². The van der Waals surface area contributed by atoms with Crippen molar-refractivity contribution < 1.29 is 4.79 Å². The number of aromatic nitrogens is 3. The Hall–Kier alpha value is -2.74. The third-order valence-corrected chi connectivity index (χ3v) is 3.91. The Labute approximate surface area is 144 Å². The van der Waals surface area contributed by atoms with Gasteiger partial charge in [-0.15, -0.1) is 0 Å². The molecule has 7 nitrogen and oxygen atoms in total. The van der Waals surface area contributed by atoms with Crippen molar-refractivity contribution >= 4 is 38.4 Å². The van der Waals surface area contributed by atoms with E-state index in [1.165, 1.54) is 0 Å². The van der Waals surface area contributed by atoms with Gasteiger partial charge in [-0.1, -0.05) is 12.1 Å². The lowest BCUT2D eigenvalue weighted by molar-refractivity contribution is -0.116. The maximum absolute atomic E-state index is 12.3. The normalized spacial score (nSPS) is 10.7. The second kappa shape index (κ2) is 6.79. The molecule has 0 aliphatic rings. The number of fused-ring (bicyclic) bond motifs is 1. The third kappa shape index (κ3) is 3.43. The first-order valence-electron chi connectivity index (χ1n) is 7.18. The molecule has 0 bridgehead atoms. The number of rotatable bonds is 4. The van der Waals surface area contributed by atoms with E-state index < -0.39 is 0 Å². The number of hydrogen-bond acceptors (Lipinski definition) is 4. The number of nitrogens with zero attached hydrogens (tertiary/aromatic N) is 2. The van der Waals surface area contributed by atoms with Gasteiger partial charge in [0, 0.05) is 17.1 Å². The Bertz CT molecular complexity index is 1010. The number of amides is 1. The number of aromatic amines is 1. The number of pyridine rings is 1. The quantitative estimate of drug-likeness (QED) is 0.712. The fourth-order valence-corrected chi connectivity index (χ4v) is 2.51. The molecular formula is C16H13BrN4O3. The van der Waals surface area contributed by atoms with Crippen LogP contribution in [0.4, 0.5) is 5.82 Å². The number of nitrogens with one attached hydrogen (secondary N) is 2. The van der Waals surface area contributed by atoms with Crippen LogP contribution in [-0.2, 0) is 11.3 Å². The highest BCUT2D eigenvalue weighted by molar-refractivity contribution is 9.10. The summed E-state index contributed by atoms with van der Waals surface area (Å²) in [4.78, 5) is 40.3. The van der Waals surface area contributed by atoms with Crippen LogP contribution in [0.5, 0.6) is 0 Å². The summed E-state index contributed by atoms with van der Waals surface area (Å²) < 4.78 is 1.96. The summed E-state index contributed by atoms with van der Waals surface area (Å²) in [6, 6.07) is 9.99. The molecule has 3 aromatic rings. The van der Waals surface area contributed by atoms with Crippen LogP contribution in [0.15, 0.2) is 56.7 Å². The predicted molar refractivity (Wildman–Crippen MR) is 94.0 cm³/mol. The number of halogens is 1. The van der Waals surface area contributed by atoms with Crippen molar-refractivity contribution in [3.05, 3.63) is 67.8 Å². The van der Waals surface area contributed by atoms with Crippen molar-refractivity contribution in [3.63, 3.8) is 0 Å². The molecule has 24 heavy (non-hydrogen) atoms. The van der Waals surface area contributed by atoms with Crippen LogP contribution in [0.1, 0.15) is 6.42 Å². The molecule has 122 valence electrons. The van der Waals surface area contributed by atoms with E-state index in [1.54, 1.807) is 42.6 Å². The molecular weight excluding hydrogens is 376 g/mol. The van der Waals surface area contributed by atoms with E-state index in [1.807, 2.05) is 0 Å². The van der Waals surface area contributed by atoms with Gasteiger partial charge in [-0.25, -0.2) is 9.67 Å². The van der Waals surface area contributed by atoms with E-state index in [9.17, 15) is 14.4 Å². The van der Waals surface area contributed by atoms with Gasteiger partial charge in [0.15, 0.2) is 0 Å². The molecule has 0 aliphatic carbocycles. The second-order valence-electron chi connectivity index (χ2n) is 5.10. The minimum absolute atomic E-state index is 0.0337. The average molecular weight is 389 g/mol. The molecule has 0 saturated carbocycles. The van der Waals surface area contributed by atoms with Crippen LogP contribution in [0.2, 0.25) is 0 Å². The summed E-state index contributed by atoms with van der Waals surface area (Å²) in [6.45, 7) is 0.0707. The Morgan fingerprint density at radius 2 is 1.92 bits per heavy atom. The number of anilines is 1. The monoisotopic (exact) mass is 388 g/mol. The summed E-state index contributed by atoms with van der Waals surface area (Å²) in [6.07, 6.45) is 1.60. The van der Waals surface area contributed by atoms with Crippen LogP contribution in [0, 0.1) is 0 Å². The topological polar surface area (TPSA) is 96.9 Å². The zero-order valence-corrected chi connectivity index (χ0v) is 14.0. The molecule has 2 heterocycles. The maximum Gasteiger partial charge on any atom is 0.273 e. The zero-order chi connectivity index (χ0) is 17.1. The molecule has 0 spiro atoms. The first-order chi connectivity index (χ1) is 11.5. The van der Waals surface area contributed by atoms with Gasteiger partial charge in [0.1, 0.15) is 5.82 Å². The molecule has 0 saturated heterocycles. The Morgan fingerprint density at radius 3 is 2.62 bits per heavy atom. The summed E-state index contributed by atoms with van der Waals surface area (Å²) >= 11 is 3.26. The van der Waals surface area contributed by atoms with Gasteiger partial charge in [-0.05, 0) is 40.2 Å². The molecule has 0 unspecified atom stereocenters. The fourth-order valence-electron chi connectivity index (χ4n) is 2.27. The molecule has 1 amide bonds. The average Bonchev–Trinajstić information content (AvgIpc) is 2.59. The molecule has 0 fully saturated rings. The highest BCUT2D eigenvalue weighted by atomic mass is 79.9. The third-order valence-electron chi connectivity index (χ3n) is 3.44. The van der Waals surface area contributed by atoms with Gasteiger partial charge < -0.3 is 5.32 Å². The van der Waals surface area contributed by atoms with Crippen molar-refractivity contribution in [1.29, 1.82) is 0 Å². The number of H-pyrrole nitrogens is 1. The number of carbonyl (C=O) groups excluding carboxylic acids is 1. The molecule has 0 aliphatic heterocycles. The Morgan fingerprint density at radius 1 is 1.17 bits per heavy atom. The molecule has 0 atom stereocenters.